The minimum Gasteiger partial charge on any atom is -0.477 e. The molecule has 1 aromatic heterocycles. The highest BCUT2D eigenvalue weighted by Crippen LogP contribution is 2.35. The van der Waals surface area contributed by atoms with E-state index in [1.54, 1.807) is 12.3 Å². The van der Waals surface area contributed by atoms with Crippen LogP contribution in [-0.2, 0) is 11.2 Å². The van der Waals surface area contributed by atoms with Gasteiger partial charge in [0.1, 0.15) is 11.9 Å². The zero-order valence-electron chi connectivity index (χ0n) is 18.4. The Balaban J connectivity index is 1.47. The third kappa shape index (κ3) is 5.22. The summed E-state index contributed by atoms with van der Waals surface area (Å²) >= 11 is 0. The quantitative estimate of drug-likeness (QED) is 0.571. The van der Waals surface area contributed by atoms with Gasteiger partial charge in [0, 0.05) is 30.9 Å². The van der Waals surface area contributed by atoms with Crippen LogP contribution >= 0.6 is 0 Å². The van der Waals surface area contributed by atoms with E-state index < -0.39 is 5.82 Å². The van der Waals surface area contributed by atoms with Gasteiger partial charge in [-0.15, -0.1) is 0 Å². The standard InChI is InChI=1S/C27H26FN3O2/c28-26-13-20(4-5-21(26)14-29)25-12-19(11-23-16-30-9-10-32-23)3-7-24(25)22-6-8-27(31-15-22)33-17-18-1-2-18/h3-8,12-13,15,18,23,30H,1-2,9-11,16-17H2. The molecule has 1 aliphatic heterocycles. The zero-order chi connectivity index (χ0) is 22.6. The summed E-state index contributed by atoms with van der Waals surface area (Å²) in [5.74, 6) is 0.767. The second kappa shape index (κ2) is 9.70. The molecule has 1 saturated heterocycles. The van der Waals surface area contributed by atoms with E-state index in [9.17, 15) is 4.39 Å². The molecule has 1 saturated carbocycles. The van der Waals surface area contributed by atoms with Crippen molar-refractivity contribution in [3.63, 3.8) is 0 Å². The Labute approximate surface area is 193 Å². The Bertz CT molecular complexity index is 1160. The molecule has 168 valence electrons. The molecular weight excluding hydrogens is 417 g/mol. The zero-order valence-corrected chi connectivity index (χ0v) is 18.4. The van der Waals surface area contributed by atoms with Crippen LogP contribution in [0.5, 0.6) is 5.88 Å². The van der Waals surface area contributed by atoms with E-state index in [0.717, 1.165) is 53.9 Å². The van der Waals surface area contributed by atoms with Crippen LogP contribution in [0.1, 0.15) is 24.0 Å². The maximum atomic E-state index is 14.5. The molecule has 0 bridgehead atoms. The number of morpholine rings is 1. The lowest BCUT2D eigenvalue weighted by atomic mass is 9.91. The predicted molar refractivity (Wildman–Crippen MR) is 124 cm³/mol. The lowest BCUT2D eigenvalue weighted by Crippen LogP contribution is -2.39. The van der Waals surface area contributed by atoms with Crippen molar-refractivity contribution in [1.29, 1.82) is 5.26 Å². The molecule has 0 amide bonds. The van der Waals surface area contributed by atoms with Crippen molar-refractivity contribution >= 4 is 0 Å². The summed E-state index contributed by atoms with van der Waals surface area (Å²) in [6.07, 6.45) is 5.15. The minimum absolute atomic E-state index is 0.0389. The number of nitriles is 1. The molecule has 1 N–H and O–H groups in total. The van der Waals surface area contributed by atoms with Crippen LogP contribution in [0.15, 0.2) is 54.7 Å². The molecule has 1 unspecified atom stereocenters. The van der Waals surface area contributed by atoms with E-state index in [-0.39, 0.29) is 11.7 Å². The lowest BCUT2D eigenvalue weighted by Gasteiger charge is -2.24. The van der Waals surface area contributed by atoms with Crippen LogP contribution in [0.3, 0.4) is 0 Å². The van der Waals surface area contributed by atoms with Crippen molar-refractivity contribution in [2.75, 3.05) is 26.3 Å². The number of nitrogens with zero attached hydrogens (tertiary/aromatic N) is 2. The average molecular weight is 444 g/mol. The first kappa shape index (κ1) is 21.6. The lowest BCUT2D eigenvalue weighted by molar-refractivity contribution is 0.0292. The monoisotopic (exact) mass is 443 g/mol. The highest BCUT2D eigenvalue weighted by molar-refractivity contribution is 5.84. The van der Waals surface area contributed by atoms with E-state index in [1.165, 1.54) is 25.0 Å². The first-order valence-electron chi connectivity index (χ1n) is 11.4. The maximum Gasteiger partial charge on any atom is 0.213 e. The van der Waals surface area contributed by atoms with Crippen molar-refractivity contribution < 1.29 is 13.9 Å². The number of hydrogen-bond acceptors (Lipinski definition) is 5. The molecule has 2 fully saturated rings. The van der Waals surface area contributed by atoms with Gasteiger partial charge in [-0.25, -0.2) is 9.37 Å². The second-order valence-electron chi connectivity index (χ2n) is 8.73. The number of halogens is 1. The third-order valence-electron chi connectivity index (χ3n) is 6.16. The number of nitrogens with one attached hydrogen (secondary N) is 1. The molecule has 3 aromatic rings. The molecular formula is C27H26FN3O2. The number of benzene rings is 2. The van der Waals surface area contributed by atoms with Gasteiger partial charge in [0.05, 0.1) is 24.9 Å². The topological polar surface area (TPSA) is 67.2 Å². The fourth-order valence-electron chi connectivity index (χ4n) is 4.11. The van der Waals surface area contributed by atoms with Gasteiger partial charge < -0.3 is 14.8 Å². The predicted octanol–water partition coefficient (Wildman–Crippen LogP) is 4.75. The summed E-state index contributed by atoms with van der Waals surface area (Å²) in [5, 5.41) is 12.5. The fourth-order valence-corrected chi connectivity index (χ4v) is 4.11. The van der Waals surface area contributed by atoms with Gasteiger partial charge in [-0.2, -0.15) is 5.26 Å². The smallest absolute Gasteiger partial charge is 0.213 e. The summed E-state index contributed by atoms with van der Waals surface area (Å²) in [6.45, 7) is 3.11. The first-order valence-corrected chi connectivity index (χ1v) is 11.4. The number of ether oxygens (including phenoxy) is 2. The number of hydrogen-bond donors (Lipinski definition) is 1. The van der Waals surface area contributed by atoms with Crippen LogP contribution in [0.2, 0.25) is 0 Å². The molecule has 1 aliphatic carbocycles. The number of pyridine rings is 1. The Kier molecular flexibility index (Phi) is 6.34. The first-order chi connectivity index (χ1) is 16.2. The normalized spacial score (nSPS) is 18.0. The molecule has 5 nitrogen and oxygen atoms in total. The average Bonchev–Trinajstić information content (AvgIpc) is 3.68. The van der Waals surface area contributed by atoms with Crippen molar-refractivity contribution in [1.82, 2.24) is 10.3 Å². The van der Waals surface area contributed by atoms with E-state index in [4.69, 9.17) is 14.7 Å². The van der Waals surface area contributed by atoms with Gasteiger partial charge in [0.15, 0.2) is 0 Å². The molecule has 1 atom stereocenters. The Morgan fingerprint density at radius 1 is 1.09 bits per heavy atom. The second-order valence-corrected chi connectivity index (χ2v) is 8.73. The summed E-state index contributed by atoms with van der Waals surface area (Å²) < 4.78 is 26.1. The molecule has 2 heterocycles. The van der Waals surface area contributed by atoms with Gasteiger partial charge in [0.2, 0.25) is 5.88 Å². The molecule has 5 rings (SSSR count). The van der Waals surface area contributed by atoms with E-state index >= 15 is 0 Å². The number of rotatable bonds is 7. The molecule has 33 heavy (non-hydrogen) atoms. The van der Waals surface area contributed by atoms with Gasteiger partial charge >= 0.3 is 0 Å². The highest BCUT2D eigenvalue weighted by Gasteiger charge is 2.22. The number of aromatic nitrogens is 1. The third-order valence-corrected chi connectivity index (χ3v) is 6.16. The van der Waals surface area contributed by atoms with E-state index in [1.807, 2.05) is 18.2 Å². The Morgan fingerprint density at radius 2 is 1.97 bits per heavy atom. The van der Waals surface area contributed by atoms with Crippen molar-refractivity contribution in [2.45, 2.75) is 25.4 Å². The van der Waals surface area contributed by atoms with Gasteiger partial charge in [-0.1, -0.05) is 24.3 Å². The maximum absolute atomic E-state index is 14.5. The molecule has 6 heteroatoms. The van der Waals surface area contributed by atoms with Crippen molar-refractivity contribution in [3.05, 3.63) is 71.7 Å². The SMILES string of the molecule is N#Cc1ccc(-c2cc(CC3CNCCO3)ccc2-c2ccc(OCC3CC3)nc2)cc1F. The molecule has 2 aliphatic rings. The van der Waals surface area contributed by atoms with Gasteiger partial charge in [-0.3, -0.25) is 0 Å². The van der Waals surface area contributed by atoms with Gasteiger partial charge in [-0.05, 0) is 65.6 Å². The van der Waals surface area contributed by atoms with Crippen molar-refractivity contribution in [2.24, 2.45) is 5.92 Å². The van der Waals surface area contributed by atoms with Crippen LogP contribution in [0, 0.1) is 23.1 Å². The summed E-state index contributed by atoms with van der Waals surface area (Å²) in [6, 6.07) is 16.8. The summed E-state index contributed by atoms with van der Waals surface area (Å²) in [5.41, 5.74) is 4.65. The van der Waals surface area contributed by atoms with Crippen LogP contribution in [-0.4, -0.2) is 37.4 Å². The summed E-state index contributed by atoms with van der Waals surface area (Å²) in [4.78, 5) is 4.48. The molecule has 0 spiro atoms. The highest BCUT2D eigenvalue weighted by atomic mass is 19.1. The largest absolute Gasteiger partial charge is 0.477 e. The molecule has 2 aromatic carbocycles. The minimum atomic E-state index is -0.520. The van der Waals surface area contributed by atoms with Crippen LogP contribution in [0.25, 0.3) is 22.3 Å². The van der Waals surface area contributed by atoms with Crippen LogP contribution < -0.4 is 10.1 Å². The van der Waals surface area contributed by atoms with E-state index in [2.05, 4.69) is 28.5 Å². The fraction of sp³-hybridized carbons (Fsp3) is 0.333. The Hall–Kier alpha value is -3.27. The van der Waals surface area contributed by atoms with Crippen molar-refractivity contribution in [3.8, 4) is 34.2 Å². The van der Waals surface area contributed by atoms with Gasteiger partial charge in [0.25, 0.3) is 0 Å². The summed E-state index contributed by atoms with van der Waals surface area (Å²) in [7, 11) is 0. The molecule has 0 radical (unpaired) electrons. The van der Waals surface area contributed by atoms with Crippen LogP contribution in [0.4, 0.5) is 4.39 Å². The van der Waals surface area contributed by atoms with E-state index in [0.29, 0.717) is 18.4 Å². The Morgan fingerprint density at radius 3 is 2.67 bits per heavy atom.